The van der Waals surface area contributed by atoms with E-state index < -0.39 is 5.91 Å². The Morgan fingerprint density at radius 3 is 2.72 bits per heavy atom. The van der Waals surface area contributed by atoms with Crippen molar-refractivity contribution in [2.45, 2.75) is 6.92 Å². The molecule has 1 amide bonds. The maximum absolute atomic E-state index is 12.7. The van der Waals surface area contributed by atoms with Crippen molar-refractivity contribution in [2.75, 3.05) is 5.32 Å². The molecule has 2 aromatic heterocycles. The number of nitrogens with zero attached hydrogens (tertiary/aromatic N) is 1. The van der Waals surface area contributed by atoms with Crippen LogP contribution in [0.4, 0.5) is 5.69 Å². The summed E-state index contributed by atoms with van der Waals surface area (Å²) >= 11 is 6.03. The molecule has 158 valence electrons. The average molecular weight is 445 g/mol. The number of furan rings is 1. The third-order valence-corrected chi connectivity index (χ3v) is 5.20. The third kappa shape index (κ3) is 3.84. The van der Waals surface area contributed by atoms with Crippen molar-refractivity contribution >= 4 is 34.3 Å². The van der Waals surface area contributed by atoms with Crippen LogP contribution in [0.15, 0.2) is 81.6 Å². The molecule has 0 unspecified atom stereocenters. The molecular formula is C25H17ClN2O4. The minimum atomic E-state index is -0.428. The summed E-state index contributed by atoms with van der Waals surface area (Å²) < 4.78 is 11.5. The van der Waals surface area contributed by atoms with E-state index in [-0.39, 0.29) is 17.4 Å². The molecule has 32 heavy (non-hydrogen) atoms. The van der Waals surface area contributed by atoms with Crippen LogP contribution in [-0.4, -0.2) is 16.0 Å². The van der Waals surface area contributed by atoms with Crippen LogP contribution in [0, 0.1) is 6.92 Å². The van der Waals surface area contributed by atoms with E-state index in [1.54, 1.807) is 36.4 Å². The van der Waals surface area contributed by atoms with Gasteiger partial charge < -0.3 is 19.3 Å². The Balaban J connectivity index is 1.41. The largest absolute Gasteiger partial charge is 0.507 e. The normalized spacial score (nSPS) is 11.1. The predicted molar refractivity (Wildman–Crippen MR) is 123 cm³/mol. The maximum Gasteiger partial charge on any atom is 0.291 e. The fraction of sp³-hybridized carbons (Fsp3) is 0.0400. The van der Waals surface area contributed by atoms with Gasteiger partial charge >= 0.3 is 0 Å². The molecule has 0 radical (unpaired) electrons. The number of aromatic hydroxyl groups is 1. The van der Waals surface area contributed by atoms with E-state index in [9.17, 15) is 9.90 Å². The van der Waals surface area contributed by atoms with Crippen LogP contribution in [0.25, 0.3) is 33.9 Å². The van der Waals surface area contributed by atoms with Gasteiger partial charge in [0.25, 0.3) is 5.91 Å². The Hall–Kier alpha value is -4.03. The van der Waals surface area contributed by atoms with Gasteiger partial charge in [-0.25, -0.2) is 4.98 Å². The van der Waals surface area contributed by atoms with Crippen LogP contribution in [0.2, 0.25) is 5.02 Å². The number of carbonyl (C=O) groups is 1. The van der Waals surface area contributed by atoms with Gasteiger partial charge in [-0.15, -0.1) is 0 Å². The third-order valence-electron chi connectivity index (χ3n) is 4.97. The number of nitrogens with one attached hydrogen (secondary N) is 1. The van der Waals surface area contributed by atoms with E-state index in [1.165, 1.54) is 6.07 Å². The molecule has 0 saturated carbocycles. The zero-order valence-electron chi connectivity index (χ0n) is 16.9. The maximum atomic E-state index is 12.7. The lowest BCUT2D eigenvalue weighted by molar-refractivity contribution is 0.0997. The number of benzene rings is 3. The van der Waals surface area contributed by atoms with Crippen LogP contribution in [0.1, 0.15) is 16.1 Å². The Morgan fingerprint density at radius 2 is 1.88 bits per heavy atom. The molecule has 5 rings (SSSR count). The standard InChI is InChI=1S/C25H17ClN2O4/c1-14-5-8-22-19(11-14)28-25(32-22)18-13-17(6-7-20(18)29)27-24(30)23-10-9-21(31-23)15-3-2-4-16(26)12-15/h2-13,29H,1H3,(H,27,30). The average Bonchev–Trinajstić information content (AvgIpc) is 3.42. The van der Waals surface area contributed by atoms with Gasteiger partial charge in [0.05, 0.1) is 5.56 Å². The summed E-state index contributed by atoms with van der Waals surface area (Å²) in [5, 5.41) is 13.7. The molecule has 0 aliphatic rings. The lowest BCUT2D eigenvalue weighted by atomic mass is 10.1. The van der Waals surface area contributed by atoms with Gasteiger partial charge in [0.15, 0.2) is 11.3 Å². The Bertz CT molecular complexity index is 1470. The molecule has 0 bridgehead atoms. The van der Waals surface area contributed by atoms with Crippen molar-refractivity contribution in [1.82, 2.24) is 4.98 Å². The van der Waals surface area contributed by atoms with E-state index in [1.807, 2.05) is 37.3 Å². The predicted octanol–water partition coefficient (Wildman–Crippen LogP) is 6.67. The fourth-order valence-corrected chi connectivity index (χ4v) is 3.58. The highest BCUT2D eigenvalue weighted by molar-refractivity contribution is 6.30. The van der Waals surface area contributed by atoms with E-state index >= 15 is 0 Å². The zero-order chi connectivity index (χ0) is 22.2. The van der Waals surface area contributed by atoms with Gasteiger partial charge in [0.2, 0.25) is 5.89 Å². The minimum absolute atomic E-state index is 0.00693. The fourth-order valence-electron chi connectivity index (χ4n) is 3.39. The molecule has 0 aliphatic heterocycles. The molecule has 2 heterocycles. The van der Waals surface area contributed by atoms with Crippen LogP contribution < -0.4 is 5.32 Å². The summed E-state index contributed by atoms with van der Waals surface area (Å²) in [7, 11) is 0. The SMILES string of the molecule is Cc1ccc2oc(-c3cc(NC(=O)c4ccc(-c5cccc(Cl)c5)o4)ccc3O)nc2c1. The van der Waals surface area contributed by atoms with Gasteiger partial charge in [-0.3, -0.25) is 4.79 Å². The topological polar surface area (TPSA) is 88.5 Å². The van der Waals surface area contributed by atoms with Gasteiger partial charge in [-0.2, -0.15) is 0 Å². The quantitative estimate of drug-likeness (QED) is 0.302. The van der Waals surface area contributed by atoms with Gasteiger partial charge in [0, 0.05) is 16.3 Å². The number of phenols is 1. The Morgan fingerprint density at radius 1 is 1.00 bits per heavy atom. The van der Waals surface area contributed by atoms with Crippen LogP contribution >= 0.6 is 11.6 Å². The van der Waals surface area contributed by atoms with Crippen molar-refractivity contribution < 1.29 is 18.7 Å². The summed E-state index contributed by atoms with van der Waals surface area (Å²) in [6, 6.07) is 20.8. The highest BCUT2D eigenvalue weighted by atomic mass is 35.5. The molecule has 0 aliphatic carbocycles. The number of hydrogen-bond acceptors (Lipinski definition) is 5. The highest BCUT2D eigenvalue weighted by Gasteiger charge is 2.16. The summed E-state index contributed by atoms with van der Waals surface area (Å²) in [5.74, 6) is 0.508. The lowest BCUT2D eigenvalue weighted by Gasteiger charge is -2.06. The molecule has 5 aromatic rings. The molecule has 0 atom stereocenters. The molecule has 2 N–H and O–H groups in total. The number of hydrogen-bond donors (Lipinski definition) is 2. The monoisotopic (exact) mass is 444 g/mol. The number of carbonyl (C=O) groups excluding carboxylic acids is 1. The molecule has 6 nitrogen and oxygen atoms in total. The molecule has 0 fully saturated rings. The lowest BCUT2D eigenvalue weighted by Crippen LogP contribution is -2.10. The van der Waals surface area contributed by atoms with Crippen molar-refractivity contribution in [3.05, 3.63) is 89.1 Å². The van der Waals surface area contributed by atoms with E-state index in [0.29, 0.717) is 33.1 Å². The minimum Gasteiger partial charge on any atom is -0.507 e. The van der Waals surface area contributed by atoms with Crippen LogP contribution in [0.5, 0.6) is 5.75 Å². The van der Waals surface area contributed by atoms with Gasteiger partial charge in [-0.1, -0.05) is 29.8 Å². The number of aromatic nitrogens is 1. The van der Waals surface area contributed by atoms with E-state index in [2.05, 4.69) is 10.3 Å². The Kier molecular flexibility index (Phi) is 4.92. The number of oxazole rings is 1. The number of rotatable bonds is 4. The zero-order valence-corrected chi connectivity index (χ0v) is 17.7. The molecule has 3 aromatic carbocycles. The first kappa shape index (κ1) is 19.9. The van der Waals surface area contributed by atoms with E-state index in [0.717, 1.165) is 11.1 Å². The first-order valence-electron chi connectivity index (χ1n) is 9.84. The summed E-state index contributed by atoms with van der Waals surface area (Å²) in [6.45, 7) is 1.97. The van der Waals surface area contributed by atoms with Crippen LogP contribution in [-0.2, 0) is 0 Å². The Labute approximate surface area is 188 Å². The molecule has 7 heteroatoms. The second-order valence-electron chi connectivity index (χ2n) is 7.35. The second-order valence-corrected chi connectivity index (χ2v) is 7.79. The smallest absolute Gasteiger partial charge is 0.291 e. The van der Waals surface area contributed by atoms with Gasteiger partial charge in [0.1, 0.15) is 17.0 Å². The summed E-state index contributed by atoms with van der Waals surface area (Å²) in [4.78, 5) is 17.2. The molecule has 0 saturated heterocycles. The van der Waals surface area contributed by atoms with Crippen molar-refractivity contribution in [3.63, 3.8) is 0 Å². The first-order chi connectivity index (χ1) is 15.5. The molecule has 0 spiro atoms. The number of halogens is 1. The number of aryl methyl sites for hydroxylation is 1. The number of fused-ring (bicyclic) bond motifs is 1. The highest BCUT2D eigenvalue weighted by Crippen LogP contribution is 2.34. The number of amides is 1. The van der Waals surface area contributed by atoms with E-state index in [4.69, 9.17) is 20.4 Å². The van der Waals surface area contributed by atoms with Crippen LogP contribution in [0.3, 0.4) is 0 Å². The summed E-state index contributed by atoms with van der Waals surface area (Å²) in [6.07, 6.45) is 0. The number of anilines is 1. The molecular weight excluding hydrogens is 428 g/mol. The van der Waals surface area contributed by atoms with Crippen molar-refractivity contribution in [1.29, 1.82) is 0 Å². The first-order valence-corrected chi connectivity index (χ1v) is 10.2. The van der Waals surface area contributed by atoms with Crippen molar-refractivity contribution in [2.24, 2.45) is 0 Å². The summed E-state index contributed by atoms with van der Waals surface area (Å²) in [5.41, 5.74) is 3.96. The second kappa shape index (κ2) is 7.90. The van der Waals surface area contributed by atoms with Gasteiger partial charge in [-0.05, 0) is 67.1 Å². The van der Waals surface area contributed by atoms with Crippen molar-refractivity contribution in [3.8, 4) is 28.5 Å². The number of phenolic OH excluding ortho intramolecular Hbond substituents is 1.